The number of nitrogens with zero attached hydrogens (tertiary/aromatic N) is 1. The standard InChI is InChI=1S/C16H13BrN4O3/c17-9-5-6-13(18-8-9)21-14(22)7-12-16(24)19-11-4-2-1-3-10(11)15(23)20-12/h1-6,8,12H,7H2,(H,19,24)(H,20,23)(H,18,21,22)/t12-/m1/s1. The van der Waals surface area contributed by atoms with Gasteiger partial charge in [0.1, 0.15) is 11.9 Å². The molecule has 0 spiro atoms. The molecule has 3 rings (SSSR count). The van der Waals surface area contributed by atoms with Crippen LogP contribution in [0.25, 0.3) is 0 Å². The van der Waals surface area contributed by atoms with Gasteiger partial charge < -0.3 is 16.0 Å². The number of nitrogens with one attached hydrogen (secondary N) is 3. The molecule has 24 heavy (non-hydrogen) atoms. The van der Waals surface area contributed by atoms with Gasteiger partial charge in [0.05, 0.1) is 17.7 Å². The summed E-state index contributed by atoms with van der Waals surface area (Å²) in [7, 11) is 0. The normalized spacial score (nSPS) is 16.5. The van der Waals surface area contributed by atoms with E-state index in [0.717, 1.165) is 4.47 Å². The highest BCUT2D eigenvalue weighted by molar-refractivity contribution is 9.10. The van der Waals surface area contributed by atoms with E-state index in [0.29, 0.717) is 17.1 Å². The number of aromatic nitrogens is 1. The van der Waals surface area contributed by atoms with E-state index in [9.17, 15) is 14.4 Å². The average Bonchev–Trinajstić information content (AvgIpc) is 2.67. The van der Waals surface area contributed by atoms with E-state index < -0.39 is 23.8 Å². The number of carbonyl (C=O) groups excluding carboxylic acids is 3. The lowest BCUT2D eigenvalue weighted by Gasteiger charge is -2.14. The zero-order valence-electron chi connectivity index (χ0n) is 12.4. The third-order valence-corrected chi connectivity index (χ3v) is 3.90. The summed E-state index contributed by atoms with van der Waals surface area (Å²) in [5, 5.41) is 7.82. The number of halogens is 1. The molecule has 8 heteroatoms. The van der Waals surface area contributed by atoms with Crippen molar-refractivity contribution < 1.29 is 14.4 Å². The number of amides is 3. The topological polar surface area (TPSA) is 100 Å². The number of para-hydroxylation sites is 1. The molecule has 3 N–H and O–H groups in total. The van der Waals surface area contributed by atoms with Crippen molar-refractivity contribution in [1.29, 1.82) is 0 Å². The Kier molecular flexibility index (Phi) is 4.57. The highest BCUT2D eigenvalue weighted by Gasteiger charge is 2.29. The van der Waals surface area contributed by atoms with Crippen molar-refractivity contribution in [2.45, 2.75) is 12.5 Å². The minimum absolute atomic E-state index is 0.191. The Morgan fingerprint density at radius 1 is 1.21 bits per heavy atom. The predicted octanol–water partition coefficient (Wildman–Crippen LogP) is 1.92. The van der Waals surface area contributed by atoms with Gasteiger partial charge in [0.15, 0.2) is 0 Å². The summed E-state index contributed by atoms with van der Waals surface area (Å²) in [5.41, 5.74) is 0.792. The zero-order chi connectivity index (χ0) is 17.1. The van der Waals surface area contributed by atoms with Gasteiger partial charge in [-0.2, -0.15) is 0 Å². The molecule has 0 bridgehead atoms. The maximum atomic E-state index is 12.2. The molecule has 1 aliphatic heterocycles. The highest BCUT2D eigenvalue weighted by atomic mass is 79.9. The molecule has 0 radical (unpaired) electrons. The second-order valence-electron chi connectivity index (χ2n) is 5.17. The van der Waals surface area contributed by atoms with Crippen LogP contribution in [0.5, 0.6) is 0 Å². The first-order valence-electron chi connectivity index (χ1n) is 7.15. The number of pyridine rings is 1. The Labute approximate surface area is 146 Å². The van der Waals surface area contributed by atoms with E-state index in [1.165, 1.54) is 0 Å². The van der Waals surface area contributed by atoms with Gasteiger partial charge in [-0.05, 0) is 40.2 Å². The molecular weight excluding hydrogens is 376 g/mol. The second-order valence-corrected chi connectivity index (χ2v) is 6.09. The first-order valence-corrected chi connectivity index (χ1v) is 7.94. The maximum absolute atomic E-state index is 12.2. The van der Waals surface area contributed by atoms with Crippen molar-refractivity contribution in [1.82, 2.24) is 10.3 Å². The largest absolute Gasteiger partial charge is 0.340 e. The molecule has 0 aliphatic carbocycles. The summed E-state index contributed by atoms with van der Waals surface area (Å²) in [6, 6.07) is 9.08. The third kappa shape index (κ3) is 3.60. The van der Waals surface area contributed by atoms with Gasteiger partial charge in [0.25, 0.3) is 5.91 Å². The van der Waals surface area contributed by atoms with Gasteiger partial charge in [0.2, 0.25) is 11.8 Å². The lowest BCUT2D eigenvalue weighted by atomic mass is 10.1. The van der Waals surface area contributed by atoms with E-state index in [1.807, 2.05) is 0 Å². The lowest BCUT2D eigenvalue weighted by molar-refractivity contribution is -0.122. The molecule has 1 atom stereocenters. The van der Waals surface area contributed by atoms with Gasteiger partial charge in [-0.15, -0.1) is 0 Å². The van der Waals surface area contributed by atoms with Crippen LogP contribution in [0.2, 0.25) is 0 Å². The smallest absolute Gasteiger partial charge is 0.254 e. The van der Waals surface area contributed by atoms with Crippen LogP contribution in [0.1, 0.15) is 16.8 Å². The first kappa shape index (κ1) is 16.1. The monoisotopic (exact) mass is 388 g/mol. The van der Waals surface area contributed by atoms with Gasteiger partial charge in [-0.25, -0.2) is 4.98 Å². The van der Waals surface area contributed by atoms with Gasteiger partial charge in [-0.1, -0.05) is 12.1 Å². The summed E-state index contributed by atoms with van der Waals surface area (Å²) in [6.07, 6.45) is 1.36. The van der Waals surface area contributed by atoms with Gasteiger partial charge in [0, 0.05) is 10.7 Å². The molecule has 0 saturated carbocycles. The molecule has 2 aromatic rings. The molecule has 2 heterocycles. The molecule has 0 saturated heterocycles. The second kappa shape index (κ2) is 6.79. The Bertz CT molecular complexity index is 807. The number of hydrogen-bond donors (Lipinski definition) is 3. The molecular formula is C16H13BrN4O3. The molecule has 1 aromatic carbocycles. The molecule has 122 valence electrons. The minimum Gasteiger partial charge on any atom is -0.340 e. The summed E-state index contributed by atoms with van der Waals surface area (Å²) in [5.74, 6) is -0.890. The first-order chi connectivity index (χ1) is 11.5. The minimum atomic E-state index is -0.958. The van der Waals surface area contributed by atoms with Gasteiger partial charge in [-0.3, -0.25) is 14.4 Å². The van der Waals surface area contributed by atoms with Crippen molar-refractivity contribution in [2.24, 2.45) is 0 Å². The fourth-order valence-electron chi connectivity index (χ4n) is 2.28. The van der Waals surface area contributed by atoms with Crippen LogP contribution in [0.3, 0.4) is 0 Å². The number of anilines is 2. The molecule has 0 fully saturated rings. The van der Waals surface area contributed by atoms with Crippen LogP contribution in [-0.2, 0) is 9.59 Å². The lowest BCUT2D eigenvalue weighted by Crippen LogP contribution is -2.43. The summed E-state index contributed by atoms with van der Waals surface area (Å²) in [6.45, 7) is 0. The van der Waals surface area contributed by atoms with Crippen molar-refractivity contribution in [3.05, 3.63) is 52.6 Å². The number of benzene rings is 1. The van der Waals surface area contributed by atoms with Crippen molar-refractivity contribution in [3.63, 3.8) is 0 Å². The van der Waals surface area contributed by atoms with Gasteiger partial charge >= 0.3 is 0 Å². The molecule has 7 nitrogen and oxygen atoms in total. The summed E-state index contributed by atoms with van der Waals surface area (Å²) < 4.78 is 0.786. The number of rotatable bonds is 3. The van der Waals surface area contributed by atoms with Crippen molar-refractivity contribution in [2.75, 3.05) is 10.6 Å². The fraction of sp³-hybridized carbons (Fsp3) is 0.125. The highest BCUT2D eigenvalue weighted by Crippen LogP contribution is 2.19. The summed E-state index contributed by atoms with van der Waals surface area (Å²) >= 11 is 3.25. The Hall–Kier alpha value is -2.74. The third-order valence-electron chi connectivity index (χ3n) is 3.44. The SMILES string of the molecule is O=C(C[C@H]1NC(=O)c2ccccc2NC1=O)Nc1ccc(Br)cn1. The predicted molar refractivity (Wildman–Crippen MR) is 91.5 cm³/mol. The molecule has 1 aromatic heterocycles. The van der Waals surface area contributed by atoms with Crippen LogP contribution in [0.4, 0.5) is 11.5 Å². The van der Waals surface area contributed by atoms with Crippen LogP contribution >= 0.6 is 15.9 Å². The number of hydrogen-bond acceptors (Lipinski definition) is 4. The Morgan fingerprint density at radius 2 is 2.00 bits per heavy atom. The van der Waals surface area contributed by atoms with E-state index in [1.54, 1.807) is 42.6 Å². The van der Waals surface area contributed by atoms with E-state index in [-0.39, 0.29) is 6.42 Å². The van der Waals surface area contributed by atoms with Crippen molar-refractivity contribution in [3.8, 4) is 0 Å². The molecule has 3 amide bonds. The molecule has 0 unspecified atom stereocenters. The average molecular weight is 389 g/mol. The van der Waals surface area contributed by atoms with E-state index in [4.69, 9.17) is 0 Å². The van der Waals surface area contributed by atoms with Crippen LogP contribution in [-0.4, -0.2) is 28.7 Å². The van der Waals surface area contributed by atoms with Crippen LogP contribution in [0, 0.1) is 0 Å². The maximum Gasteiger partial charge on any atom is 0.254 e. The molecule has 1 aliphatic rings. The zero-order valence-corrected chi connectivity index (χ0v) is 14.0. The Morgan fingerprint density at radius 3 is 2.75 bits per heavy atom. The number of carbonyl (C=O) groups is 3. The van der Waals surface area contributed by atoms with Crippen LogP contribution in [0.15, 0.2) is 47.1 Å². The van der Waals surface area contributed by atoms with Crippen molar-refractivity contribution >= 4 is 45.2 Å². The number of fused-ring (bicyclic) bond motifs is 1. The van der Waals surface area contributed by atoms with E-state index >= 15 is 0 Å². The van der Waals surface area contributed by atoms with Crippen LogP contribution < -0.4 is 16.0 Å². The quantitative estimate of drug-likeness (QED) is 0.747. The Balaban J connectivity index is 1.69. The summed E-state index contributed by atoms with van der Waals surface area (Å²) in [4.78, 5) is 40.6. The fourth-order valence-corrected chi connectivity index (χ4v) is 2.52. The van der Waals surface area contributed by atoms with E-state index in [2.05, 4.69) is 36.9 Å².